The average Bonchev–Trinajstić information content (AvgIpc) is 3.07. The summed E-state index contributed by atoms with van der Waals surface area (Å²) in [6, 6.07) is 20.7. The molecule has 280 valence electrons. The lowest BCUT2D eigenvalue weighted by atomic mass is 10.1. The molecule has 0 saturated heterocycles. The van der Waals surface area contributed by atoms with Crippen molar-refractivity contribution in [2.75, 3.05) is 20.1 Å². The fourth-order valence-electron chi connectivity index (χ4n) is 5.32. The van der Waals surface area contributed by atoms with Gasteiger partial charge in [0.25, 0.3) is 40.3 Å². The van der Waals surface area contributed by atoms with E-state index in [0.29, 0.717) is 0 Å². The molecule has 0 atom stereocenters. The van der Waals surface area contributed by atoms with Gasteiger partial charge in [-0.2, -0.15) is 16.8 Å². The van der Waals surface area contributed by atoms with Crippen LogP contribution in [0.4, 0.5) is 27.5 Å². The largest absolute Gasteiger partial charge is 0.508 e. The normalized spacial score (nSPS) is 12.3. The number of hydrogen-bond acceptors (Lipinski definition) is 11. The van der Waals surface area contributed by atoms with Crippen LogP contribution in [0.15, 0.2) is 129 Å². The third kappa shape index (κ3) is 8.30. The number of nitrogens with one attached hydrogen (secondary N) is 4. The topological polar surface area (TPSA) is 283 Å². The summed E-state index contributed by atoms with van der Waals surface area (Å²) in [5, 5.41) is 24.8. The molecular weight excluding hydrogens is 789 g/mol. The van der Waals surface area contributed by atoms with E-state index < -0.39 is 56.1 Å². The van der Waals surface area contributed by atoms with E-state index in [9.17, 15) is 57.8 Å². The van der Waals surface area contributed by atoms with Crippen molar-refractivity contribution in [1.82, 2.24) is 0 Å². The van der Waals surface area contributed by atoms with Gasteiger partial charge in [-0.05, 0) is 108 Å². The van der Waals surface area contributed by atoms with Crippen LogP contribution in [0, 0.1) is 0 Å². The Labute approximate surface area is 307 Å². The second-order valence-electron chi connectivity index (χ2n) is 11.5. The van der Waals surface area contributed by atoms with Gasteiger partial charge in [-0.25, -0.2) is 21.6 Å². The van der Waals surface area contributed by atoms with Crippen LogP contribution in [-0.4, -0.2) is 59.0 Å². The van der Waals surface area contributed by atoms with E-state index in [0.717, 1.165) is 48.5 Å². The van der Waals surface area contributed by atoms with Crippen molar-refractivity contribution in [2.45, 2.75) is 19.6 Å². The number of phenolic OH excluding ortho intramolecular Hbond substituents is 2. The third-order valence-electron chi connectivity index (χ3n) is 7.71. The lowest BCUT2D eigenvalue weighted by Crippen LogP contribution is -2.20. The van der Waals surface area contributed by atoms with Gasteiger partial charge >= 0.3 is 6.03 Å². The molecule has 0 aliphatic heterocycles. The van der Waals surface area contributed by atoms with Gasteiger partial charge in [0, 0.05) is 22.1 Å². The second-order valence-corrected chi connectivity index (χ2v) is 17.7. The predicted molar refractivity (Wildman–Crippen MR) is 198 cm³/mol. The summed E-state index contributed by atoms with van der Waals surface area (Å²) >= 11 is 0. The van der Waals surface area contributed by atoms with Crippen molar-refractivity contribution >= 4 is 90.6 Å². The number of phenols is 2. The highest BCUT2D eigenvalue weighted by molar-refractivity contribution is 7.93. The molecule has 8 N–H and O–H groups in total. The summed E-state index contributed by atoms with van der Waals surface area (Å²) in [6.45, 7) is 0. The first-order valence-corrected chi connectivity index (χ1v) is 20.8. The third-order valence-corrected chi connectivity index (χ3v) is 12.3. The molecule has 0 unspecified atom stereocenters. The van der Waals surface area contributed by atoms with Crippen LogP contribution >= 0.6 is 0 Å². The molecule has 0 fully saturated rings. The van der Waals surface area contributed by atoms with E-state index in [1.807, 2.05) is 0 Å². The zero-order valence-corrected chi connectivity index (χ0v) is 30.3. The van der Waals surface area contributed by atoms with Gasteiger partial charge in [0.15, 0.2) is 0 Å². The second kappa shape index (κ2) is 13.8. The van der Waals surface area contributed by atoms with Crippen molar-refractivity contribution in [3.05, 3.63) is 109 Å². The van der Waals surface area contributed by atoms with E-state index in [-0.39, 0.29) is 65.6 Å². The summed E-state index contributed by atoms with van der Waals surface area (Å²) in [5.41, 5.74) is -0.0782. The van der Waals surface area contributed by atoms with Crippen molar-refractivity contribution in [3.8, 4) is 11.5 Å². The first-order valence-electron chi connectivity index (χ1n) is 15.0. The van der Waals surface area contributed by atoms with Gasteiger partial charge in [-0.1, -0.05) is 12.1 Å². The van der Waals surface area contributed by atoms with Crippen LogP contribution in [0.5, 0.6) is 11.5 Å². The maximum Gasteiger partial charge on any atom is 0.323 e. The lowest BCUT2D eigenvalue weighted by molar-refractivity contribution is 0.262. The highest BCUT2D eigenvalue weighted by atomic mass is 32.2. The Bertz CT molecular complexity index is 2740. The molecule has 6 aromatic carbocycles. The SMILES string of the molecule is O=C(Nc1ccc(S(=O)(=O)Nc2cc(S(=O)(=O)O)c3cc(O)ccc3c2)cc1)Nc1ccc(S(=O)(=O)Nc2cc(S(=O)(=O)O)c3cc(O)ccc3c2)cc1. The highest BCUT2D eigenvalue weighted by Crippen LogP contribution is 2.33. The molecule has 6 aromatic rings. The van der Waals surface area contributed by atoms with Gasteiger partial charge in [0.2, 0.25) is 0 Å². The molecule has 0 bridgehead atoms. The minimum Gasteiger partial charge on any atom is -0.508 e. The number of anilines is 4. The Balaban J connectivity index is 1.11. The van der Waals surface area contributed by atoms with E-state index in [1.165, 1.54) is 60.7 Å². The lowest BCUT2D eigenvalue weighted by Gasteiger charge is -2.13. The Kier molecular flexibility index (Phi) is 9.64. The molecule has 0 aliphatic rings. The van der Waals surface area contributed by atoms with Crippen molar-refractivity contribution in [2.24, 2.45) is 0 Å². The molecule has 21 heteroatoms. The standard InChI is InChI=1S/C33H26N4O13S4/c38-25-7-1-19-13-23(15-31(29(19)17-25)53(45,46)47)36-51(41,42)27-9-3-21(4-10-27)34-33(40)35-22-5-11-28(12-6-22)52(43,44)37-24-14-20-2-8-26(39)18-30(20)32(16-24)54(48,49)50/h1-18,36-39H,(H2,34,35,40)(H,45,46,47)(H,48,49,50). The summed E-state index contributed by atoms with van der Waals surface area (Å²) in [6.07, 6.45) is 0. The maximum absolute atomic E-state index is 13.1. The first-order chi connectivity index (χ1) is 25.2. The Morgan fingerprint density at radius 3 is 1.13 bits per heavy atom. The smallest absolute Gasteiger partial charge is 0.323 e. The molecule has 0 aliphatic carbocycles. The Morgan fingerprint density at radius 2 is 0.796 bits per heavy atom. The molecule has 0 radical (unpaired) electrons. The predicted octanol–water partition coefficient (Wildman–Crippen LogP) is 5.14. The molecule has 17 nitrogen and oxygen atoms in total. The number of sulfonamides is 2. The fraction of sp³-hybridized carbons (Fsp3) is 0. The number of carbonyl (C=O) groups excluding carboxylic acids is 1. The molecule has 0 heterocycles. The molecule has 2 amide bonds. The van der Waals surface area contributed by atoms with Gasteiger partial charge in [0.1, 0.15) is 21.3 Å². The number of urea groups is 1. The Hall–Kier alpha value is -5.97. The van der Waals surface area contributed by atoms with Gasteiger partial charge in [-0.15, -0.1) is 0 Å². The van der Waals surface area contributed by atoms with Gasteiger partial charge in [0.05, 0.1) is 21.2 Å². The monoisotopic (exact) mass is 814 g/mol. The summed E-state index contributed by atoms with van der Waals surface area (Å²) in [4.78, 5) is 10.9. The van der Waals surface area contributed by atoms with E-state index in [4.69, 9.17) is 0 Å². The Morgan fingerprint density at radius 1 is 0.444 bits per heavy atom. The van der Waals surface area contributed by atoms with Crippen molar-refractivity contribution in [3.63, 3.8) is 0 Å². The zero-order chi connectivity index (χ0) is 39.2. The number of rotatable bonds is 10. The summed E-state index contributed by atoms with van der Waals surface area (Å²) in [5.74, 6) is -0.546. The maximum atomic E-state index is 13.1. The molecule has 0 aromatic heterocycles. The van der Waals surface area contributed by atoms with E-state index >= 15 is 0 Å². The summed E-state index contributed by atoms with van der Waals surface area (Å²) in [7, 11) is -18.2. The molecule has 6 rings (SSSR count). The zero-order valence-electron chi connectivity index (χ0n) is 27.0. The van der Waals surface area contributed by atoms with Crippen LogP contribution in [-0.2, 0) is 40.3 Å². The number of fused-ring (bicyclic) bond motifs is 2. The number of amides is 2. The molecule has 0 spiro atoms. The van der Waals surface area contributed by atoms with Crippen LogP contribution in [0.25, 0.3) is 21.5 Å². The van der Waals surface area contributed by atoms with E-state index in [1.54, 1.807) is 0 Å². The summed E-state index contributed by atoms with van der Waals surface area (Å²) < 4.78 is 124. The van der Waals surface area contributed by atoms with Gasteiger partial charge < -0.3 is 20.8 Å². The quantitative estimate of drug-likeness (QED) is 0.0833. The van der Waals surface area contributed by atoms with Crippen molar-refractivity contribution in [1.29, 1.82) is 0 Å². The highest BCUT2D eigenvalue weighted by Gasteiger charge is 2.22. The van der Waals surface area contributed by atoms with Crippen molar-refractivity contribution < 1.29 is 57.8 Å². The van der Waals surface area contributed by atoms with Crippen LogP contribution in [0.2, 0.25) is 0 Å². The molecule has 54 heavy (non-hydrogen) atoms. The van der Waals surface area contributed by atoms with E-state index in [2.05, 4.69) is 20.1 Å². The average molecular weight is 815 g/mol. The first kappa shape index (κ1) is 37.8. The van der Waals surface area contributed by atoms with Gasteiger partial charge in [-0.3, -0.25) is 18.5 Å². The van der Waals surface area contributed by atoms with Crippen LogP contribution in [0.3, 0.4) is 0 Å². The number of aromatic hydroxyl groups is 2. The van der Waals surface area contributed by atoms with Crippen LogP contribution < -0.4 is 20.1 Å². The minimum absolute atomic E-state index is 0.0353. The number of benzene rings is 6. The number of carbonyl (C=O) groups is 1. The molecular formula is C33H26N4O13S4. The fourth-order valence-corrected chi connectivity index (χ4v) is 8.87. The minimum atomic E-state index is -4.81. The molecule has 0 saturated carbocycles. The number of hydrogen-bond donors (Lipinski definition) is 8. The van der Waals surface area contributed by atoms with Crippen LogP contribution in [0.1, 0.15) is 0 Å².